The van der Waals surface area contributed by atoms with Gasteiger partial charge in [0.1, 0.15) is 15.9 Å². The molecule has 0 bridgehead atoms. The molecule has 0 aliphatic carbocycles. The third kappa shape index (κ3) is 3.72. The predicted molar refractivity (Wildman–Crippen MR) is 122 cm³/mol. The SMILES string of the molecule is O=S(=O)(O)c1cccc2ccc3nn(-c4ccc(/C=C/c5ccccc5)cc4)nc3c12. The lowest BCUT2D eigenvalue weighted by atomic mass is 10.1. The van der Waals surface area contributed by atoms with Gasteiger partial charge in [-0.3, -0.25) is 4.55 Å². The van der Waals surface area contributed by atoms with E-state index in [0.29, 0.717) is 21.8 Å². The summed E-state index contributed by atoms with van der Waals surface area (Å²) in [4.78, 5) is 1.29. The Morgan fingerprint density at radius 3 is 2.16 bits per heavy atom. The van der Waals surface area contributed by atoms with Crippen molar-refractivity contribution in [2.75, 3.05) is 0 Å². The monoisotopic (exact) mass is 427 g/mol. The van der Waals surface area contributed by atoms with Crippen LogP contribution >= 0.6 is 0 Å². The normalized spacial score (nSPS) is 12.2. The number of hydrogen-bond donors (Lipinski definition) is 1. The van der Waals surface area contributed by atoms with Gasteiger partial charge in [0, 0.05) is 5.39 Å². The molecular formula is C24H17N3O3S. The molecular weight excluding hydrogens is 410 g/mol. The molecule has 5 rings (SSSR count). The van der Waals surface area contributed by atoms with Gasteiger partial charge >= 0.3 is 0 Å². The molecule has 0 aliphatic heterocycles. The topological polar surface area (TPSA) is 85.1 Å². The van der Waals surface area contributed by atoms with E-state index in [9.17, 15) is 13.0 Å². The van der Waals surface area contributed by atoms with Crippen LogP contribution in [0.2, 0.25) is 0 Å². The molecule has 0 atom stereocenters. The summed E-state index contributed by atoms with van der Waals surface area (Å²) < 4.78 is 33.4. The van der Waals surface area contributed by atoms with Gasteiger partial charge in [-0.25, -0.2) is 0 Å². The van der Waals surface area contributed by atoms with Crippen molar-refractivity contribution < 1.29 is 13.0 Å². The van der Waals surface area contributed by atoms with Crippen molar-refractivity contribution in [1.82, 2.24) is 15.0 Å². The largest absolute Gasteiger partial charge is 0.295 e. The number of hydrogen-bond acceptors (Lipinski definition) is 4. The van der Waals surface area contributed by atoms with Crippen molar-refractivity contribution in [3.63, 3.8) is 0 Å². The van der Waals surface area contributed by atoms with Crippen LogP contribution in [0.3, 0.4) is 0 Å². The summed E-state index contributed by atoms with van der Waals surface area (Å²) in [5.74, 6) is 0. The second-order valence-corrected chi connectivity index (χ2v) is 8.48. The lowest BCUT2D eigenvalue weighted by Gasteiger charge is -2.03. The molecule has 0 unspecified atom stereocenters. The maximum Gasteiger partial charge on any atom is 0.295 e. The van der Waals surface area contributed by atoms with Crippen LogP contribution in [0.25, 0.3) is 39.6 Å². The number of aromatic nitrogens is 3. The number of rotatable bonds is 4. The zero-order chi connectivity index (χ0) is 21.4. The van der Waals surface area contributed by atoms with Crippen molar-refractivity contribution in [3.8, 4) is 5.69 Å². The Bertz CT molecular complexity index is 1540. The van der Waals surface area contributed by atoms with Gasteiger partial charge in [-0.05, 0) is 40.8 Å². The Kier molecular flexibility index (Phi) is 4.62. The van der Waals surface area contributed by atoms with Crippen LogP contribution in [0.4, 0.5) is 0 Å². The van der Waals surface area contributed by atoms with Gasteiger partial charge < -0.3 is 0 Å². The lowest BCUT2D eigenvalue weighted by Crippen LogP contribution is -2.00. The predicted octanol–water partition coefficient (Wildman–Crippen LogP) is 4.99. The summed E-state index contributed by atoms with van der Waals surface area (Å²) in [5, 5.41) is 10.0. The van der Waals surface area contributed by atoms with E-state index < -0.39 is 10.1 Å². The average molecular weight is 427 g/mol. The summed E-state index contributed by atoms with van der Waals surface area (Å²) in [6.07, 6.45) is 4.07. The smallest absolute Gasteiger partial charge is 0.282 e. The molecule has 0 saturated heterocycles. The van der Waals surface area contributed by atoms with E-state index in [1.807, 2.05) is 66.7 Å². The summed E-state index contributed by atoms with van der Waals surface area (Å²) >= 11 is 0. The van der Waals surface area contributed by atoms with E-state index in [-0.39, 0.29) is 4.90 Å². The fourth-order valence-electron chi connectivity index (χ4n) is 3.52. The molecule has 6 nitrogen and oxygen atoms in total. The average Bonchev–Trinajstić information content (AvgIpc) is 3.22. The zero-order valence-corrected chi connectivity index (χ0v) is 17.1. The minimum Gasteiger partial charge on any atom is -0.282 e. The van der Waals surface area contributed by atoms with Crippen LogP contribution in [0, 0.1) is 0 Å². The Morgan fingerprint density at radius 1 is 0.742 bits per heavy atom. The van der Waals surface area contributed by atoms with Crippen LogP contribution in [0.15, 0.2) is 89.8 Å². The van der Waals surface area contributed by atoms with Crippen molar-refractivity contribution in [2.45, 2.75) is 4.90 Å². The number of benzene rings is 4. The van der Waals surface area contributed by atoms with E-state index in [0.717, 1.165) is 16.8 Å². The van der Waals surface area contributed by atoms with Gasteiger partial charge in [-0.15, -0.1) is 10.2 Å². The quantitative estimate of drug-likeness (QED) is 0.323. The molecule has 1 heterocycles. The second-order valence-electron chi connectivity index (χ2n) is 7.09. The highest BCUT2D eigenvalue weighted by atomic mass is 32.2. The van der Waals surface area contributed by atoms with E-state index >= 15 is 0 Å². The van der Waals surface area contributed by atoms with Crippen molar-refractivity contribution >= 4 is 44.1 Å². The van der Waals surface area contributed by atoms with Gasteiger partial charge in [0.25, 0.3) is 10.1 Å². The summed E-state index contributed by atoms with van der Waals surface area (Å²) in [6, 6.07) is 26.0. The Balaban J connectivity index is 1.55. The first-order chi connectivity index (χ1) is 15.0. The van der Waals surface area contributed by atoms with Gasteiger partial charge in [0.15, 0.2) is 0 Å². The summed E-state index contributed by atoms with van der Waals surface area (Å²) in [5.41, 5.74) is 3.84. The Labute approximate surface area is 178 Å². The number of nitrogens with zero attached hydrogens (tertiary/aromatic N) is 3. The molecule has 5 aromatic rings. The van der Waals surface area contributed by atoms with Gasteiger partial charge in [0.2, 0.25) is 0 Å². The van der Waals surface area contributed by atoms with Crippen LogP contribution in [0.5, 0.6) is 0 Å². The van der Waals surface area contributed by atoms with Gasteiger partial charge in [-0.2, -0.15) is 13.2 Å². The van der Waals surface area contributed by atoms with E-state index in [2.05, 4.69) is 10.2 Å². The van der Waals surface area contributed by atoms with Crippen LogP contribution < -0.4 is 0 Å². The molecule has 0 radical (unpaired) electrons. The van der Waals surface area contributed by atoms with Crippen molar-refractivity contribution in [3.05, 3.63) is 96.1 Å². The molecule has 0 fully saturated rings. The minimum atomic E-state index is -4.40. The van der Waals surface area contributed by atoms with Crippen LogP contribution in [-0.2, 0) is 10.1 Å². The van der Waals surface area contributed by atoms with Gasteiger partial charge in [-0.1, -0.05) is 72.8 Å². The molecule has 1 aromatic heterocycles. The molecule has 0 aliphatic rings. The van der Waals surface area contributed by atoms with Crippen molar-refractivity contribution in [2.24, 2.45) is 0 Å². The first-order valence-corrected chi connectivity index (χ1v) is 11.0. The highest BCUT2D eigenvalue weighted by Gasteiger charge is 2.18. The lowest BCUT2D eigenvalue weighted by molar-refractivity contribution is 0.484. The van der Waals surface area contributed by atoms with Gasteiger partial charge in [0.05, 0.1) is 5.69 Å². The molecule has 7 heteroatoms. The second kappa shape index (κ2) is 7.46. The third-order valence-corrected chi connectivity index (χ3v) is 5.92. The first kappa shape index (κ1) is 19.2. The van der Waals surface area contributed by atoms with E-state index in [1.165, 1.54) is 10.9 Å². The highest BCUT2D eigenvalue weighted by Crippen LogP contribution is 2.29. The van der Waals surface area contributed by atoms with Crippen molar-refractivity contribution in [1.29, 1.82) is 0 Å². The molecule has 152 valence electrons. The van der Waals surface area contributed by atoms with E-state index in [4.69, 9.17) is 0 Å². The zero-order valence-electron chi connectivity index (χ0n) is 16.3. The van der Waals surface area contributed by atoms with Crippen LogP contribution in [-0.4, -0.2) is 28.0 Å². The fraction of sp³-hybridized carbons (Fsp3) is 0. The Morgan fingerprint density at radius 2 is 1.45 bits per heavy atom. The fourth-order valence-corrected chi connectivity index (χ4v) is 4.25. The van der Waals surface area contributed by atoms with Crippen LogP contribution in [0.1, 0.15) is 11.1 Å². The molecule has 1 N–H and O–H groups in total. The highest BCUT2D eigenvalue weighted by molar-refractivity contribution is 7.86. The van der Waals surface area contributed by atoms with E-state index in [1.54, 1.807) is 24.3 Å². The molecule has 0 saturated carbocycles. The third-order valence-electron chi connectivity index (χ3n) is 5.03. The maximum absolute atomic E-state index is 11.9. The standard InChI is InChI=1S/C24H17N3O3S/c28-31(29,30)22-8-4-7-19-13-16-21-24(23(19)22)26-27(25-21)20-14-11-18(12-15-20)10-9-17-5-2-1-3-6-17/h1-16H,(H,28,29,30)/b10-9+. The number of fused-ring (bicyclic) bond motifs is 3. The summed E-state index contributed by atoms with van der Waals surface area (Å²) in [7, 11) is -4.40. The molecule has 31 heavy (non-hydrogen) atoms. The molecule has 0 amide bonds. The first-order valence-electron chi connectivity index (χ1n) is 9.59. The maximum atomic E-state index is 11.9. The molecule has 4 aromatic carbocycles. The summed E-state index contributed by atoms with van der Waals surface area (Å²) in [6.45, 7) is 0. The molecule has 0 spiro atoms. The Hall–Kier alpha value is -3.81. The minimum absolute atomic E-state index is 0.177.